The van der Waals surface area contributed by atoms with Gasteiger partial charge in [-0.05, 0) is 29.8 Å². The van der Waals surface area contributed by atoms with Crippen LogP contribution in [0.5, 0.6) is 0 Å². The van der Waals surface area contributed by atoms with E-state index in [1.807, 2.05) is 30.3 Å². The summed E-state index contributed by atoms with van der Waals surface area (Å²) in [7, 11) is 0. The van der Waals surface area contributed by atoms with Crippen LogP contribution in [-0.4, -0.2) is 20.1 Å². The van der Waals surface area contributed by atoms with Crippen molar-refractivity contribution in [2.24, 2.45) is 0 Å². The summed E-state index contributed by atoms with van der Waals surface area (Å²) in [4.78, 5) is 1.43. The molecule has 0 spiro atoms. The molecule has 20 heavy (non-hydrogen) atoms. The second-order valence-electron chi connectivity index (χ2n) is 4.35. The van der Waals surface area contributed by atoms with Crippen molar-refractivity contribution in [3.05, 3.63) is 77.9 Å². The largest absolute Gasteiger partial charge is 0.382 e. The molecule has 0 saturated carbocycles. The molecule has 2 aromatic carbocycles. The van der Waals surface area contributed by atoms with Crippen LogP contribution >= 0.6 is 0 Å². The third-order valence-electron chi connectivity index (χ3n) is 2.94. The number of hydrogen-bond acceptors (Lipinski definition) is 3. The number of para-hydroxylation sites is 1. The van der Waals surface area contributed by atoms with Crippen LogP contribution < -0.4 is 0 Å². The van der Waals surface area contributed by atoms with Crippen LogP contribution in [0.3, 0.4) is 0 Å². The summed E-state index contributed by atoms with van der Waals surface area (Å²) in [6.07, 6.45) is 0.478. The zero-order valence-electron chi connectivity index (χ0n) is 10.5. The van der Waals surface area contributed by atoms with Crippen molar-refractivity contribution < 1.29 is 9.50 Å². The van der Waals surface area contributed by atoms with Crippen molar-refractivity contribution >= 4 is 0 Å². The van der Waals surface area contributed by atoms with Gasteiger partial charge < -0.3 is 5.11 Å². The topological polar surface area (TPSA) is 50.9 Å². The predicted octanol–water partition coefficient (Wildman–Crippen LogP) is 2.49. The SMILES string of the molecule is OC(c1cccc(F)c1)c1cnn(-c2ccccc2)n1. The van der Waals surface area contributed by atoms with Gasteiger partial charge in [0, 0.05) is 0 Å². The molecule has 0 aliphatic rings. The van der Waals surface area contributed by atoms with Gasteiger partial charge in [0.2, 0.25) is 0 Å². The fraction of sp³-hybridized carbons (Fsp3) is 0.0667. The Kier molecular flexibility index (Phi) is 3.26. The van der Waals surface area contributed by atoms with E-state index in [-0.39, 0.29) is 0 Å². The number of aromatic nitrogens is 3. The van der Waals surface area contributed by atoms with Crippen molar-refractivity contribution in [1.29, 1.82) is 0 Å². The molecule has 1 unspecified atom stereocenters. The smallest absolute Gasteiger partial charge is 0.125 e. The van der Waals surface area contributed by atoms with Crippen LogP contribution in [0.4, 0.5) is 4.39 Å². The number of nitrogens with zero attached hydrogens (tertiary/aromatic N) is 3. The molecule has 1 aromatic heterocycles. The molecule has 3 aromatic rings. The fourth-order valence-electron chi connectivity index (χ4n) is 1.93. The highest BCUT2D eigenvalue weighted by atomic mass is 19.1. The summed E-state index contributed by atoms with van der Waals surface area (Å²) in [6.45, 7) is 0. The lowest BCUT2D eigenvalue weighted by atomic mass is 10.1. The lowest BCUT2D eigenvalue weighted by Gasteiger charge is -2.07. The normalized spacial score (nSPS) is 12.3. The Morgan fingerprint density at radius 2 is 1.85 bits per heavy atom. The number of rotatable bonds is 3. The second kappa shape index (κ2) is 5.22. The molecule has 0 saturated heterocycles. The van der Waals surface area contributed by atoms with Crippen LogP contribution in [-0.2, 0) is 0 Å². The predicted molar refractivity (Wildman–Crippen MR) is 71.8 cm³/mol. The lowest BCUT2D eigenvalue weighted by Crippen LogP contribution is -2.03. The first kappa shape index (κ1) is 12.5. The summed E-state index contributed by atoms with van der Waals surface area (Å²) in [5, 5.41) is 18.5. The average molecular weight is 269 g/mol. The van der Waals surface area contributed by atoms with E-state index in [1.165, 1.54) is 23.1 Å². The van der Waals surface area contributed by atoms with Gasteiger partial charge in [-0.1, -0.05) is 30.3 Å². The molecule has 5 heteroatoms. The highest BCUT2D eigenvalue weighted by molar-refractivity contribution is 5.30. The van der Waals surface area contributed by atoms with Gasteiger partial charge in [-0.3, -0.25) is 0 Å². The molecule has 0 amide bonds. The monoisotopic (exact) mass is 269 g/mol. The Balaban J connectivity index is 1.90. The molecule has 4 nitrogen and oxygen atoms in total. The molecule has 0 aliphatic heterocycles. The first-order valence-corrected chi connectivity index (χ1v) is 6.15. The van der Waals surface area contributed by atoms with E-state index >= 15 is 0 Å². The van der Waals surface area contributed by atoms with Gasteiger partial charge >= 0.3 is 0 Å². The maximum Gasteiger partial charge on any atom is 0.125 e. The minimum atomic E-state index is -0.997. The van der Waals surface area contributed by atoms with Gasteiger partial charge in [-0.15, -0.1) is 0 Å². The average Bonchev–Trinajstić information content (AvgIpc) is 2.97. The number of halogens is 1. The van der Waals surface area contributed by atoms with Gasteiger partial charge in [-0.25, -0.2) is 4.39 Å². The highest BCUT2D eigenvalue weighted by Gasteiger charge is 2.15. The quantitative estimate of drug-likeness (QED) is 0.794. The van der Waals surface area contributed by atoms with Crippen molar-refractivity contribution in [3.8, 4) is 5.69 Å². The lowest BCUT2D eigenvalue weighted by molar-refractivity contribution is 0.214. The van der Waals surface area contributed by atoms with E-state index in [1.54, 1.807) is 12.1 Å². The summed E-state index contributed by atoms with van der Waals surface area (Å²) >= 11 is 0. The Hall–Kier alpha value is -2.53. The first-order chi connectivity index (χ1) is 9.74. The molecule has 0 radical (unpaired) electrons. The molecule has 3 rings (SSSR count). The maximum atomic E-state index is 13.2. The second-order valence-corrected chi connectivity index (χ2v) is 4.35. The van der Waals surface area contributed by atoms with E-state index in [0.717, 1.165) is 5.69 Å². The number of aliphatic hydroxyl groups excluding tert-OH is 1. The van der Waals surface area contributed by atoms with Gasteiger partial charge in [0.15, 0.2) is 0 Å². The Morgan fingerprint density at radius 3 is 2.60 bits per heavy atom. The Bertz CT molecular complexity index is 712. The molecular weight excluding hydrogens is 257 g/mol. The van der Waals surface area contributed by atoms with Crippen LogP contribution in [0.2, 0.25) is 0 Å². The molecule has 1 N–H and O–H groups in total. The van der Waals surface area contributed by atoms with Crippen LogP contribution in [0.1, 0.15) is 17.4 Å². The standard InChI is InChI=1S/C15H12FN3O/c16-12-6-4-5-11(9-12)15(20)14-10-17-19(18-14)13-7-2-1-3-8-13/h1-10,15,20H. The van der Waals surface area contributed by atoms with E-state index in [9.17, 15) is 9.50 Å². The van der Waals surface area contributed by atoms with Crippen molar-refractivity contribution in [2.45, 2.75) is 6.10 Å². The van der Waals surface area contributed by atoms with Crippen molar-refractivity contribution in [2.75, 3.05) is 0 Å². The Labute approximate surface area is 115 Å². The zero-order valence-corrected chi connectivity index (χ0v) is 10.5. The third kappa shape index (κ3) is 2.44. The molecule has 100 valence electrons. The highest BCUT2D eigenvalue weighted by Crippen LogP contribution is 2.20. The molecular formula is C15H12FN3O. The van der Waals surface area contributed by atoms with E-state index in [0.29, 0.717) is 11.3 Å². The van der Waals surface area contributed by atoms with Gasteiger partial charge in [0.05, 0.1) is 11.9 Å². The molecule has 1 heterocycles. The number of aliphatic hydroxyl groups is 1. The first-order valence-electron chi connectivity index (χ1n) is 6.15. The van der Waals surface area contributed by atoms with Crippen LogP contribution in [0.15, 0.2) is 60.8 Å². The molecule has 1 atom stereocenters. The van der Waals surface area contributed by atoms with Crippen molar-refractivity contribution in [3.63, 3.8) is 0 Å². The van der Waals surface area contributed by atoms with Gasteiger partial charge in [-0.2, -0.15) is 15.0 Å². The summed E-state index contributed by atoms with van der Waals surface area (Å²) in [5.74, 6) is -0.392. The van der Waals surface area contributed by atoms with Gasteiger partial charge in [0.25, 0.3) is 0 Å². The van der Waals surface area contributed by atoms with Crippen molar-refractivity contribution in [1.82, 2.24) is 15.0 Å². The Morgan fingerprint density at radius 1 is 1.05 bits per heavy atom. The molecule has 0 bridgehead atoms. The molecule has 0 aliphatic carbocycles. The number of benzene rings is 2. The van der Waals surface area contributed by atoms with Crippen LogP contribution in [0, 0.1) is 5.82 Å². The fourth-order valence-corrected chi connectivity index (χ4v) is 1.93. The summed E-state index contributed by atoms with van der Waals surface area (Å²) in [5.41, 5.74) is 1.62. The molecule has 0 fully saturated rings. The minimum absolute atomic E-state index is 0.374. The third-order valence-corrected chi connectivity index (χ3v) is 2.94. The summed E-state index contributed by atoms with van der Waals surface area (Å²) in [6, 6.07) is 15.2. The van der Waals surface area contributed by atoms with E-state index in [2.05, 4.69) is 10.2 Å². The van der Waals surface area contributed by atoms with E-state index in [4.69, 9.17) is 0 Å². The number of hydrogen-bond donors (Lipinski definition) is 1. The van der Waals surface area contributed by atoms with Gasteiger partial charge in [0.1, 0.15) is 17.6 Å². The summed E-state index contributed by atoms with van der Waals surface area (Å²) < 4.78 is 13.2. The van der Waals surface area contributed by atoms with E-state index < -0.39 is 11.9 Å². The zero-order chi connectivity index (χ0) is 13.9. The minimum Gasteiger partial charge on any atom is -0.382 e. The van der Waals surface area contributed by atoms with Crippen LogP contribution in [0.25, 0.3) is 5.69 Å². The maximum absolute atomic E-state index is 13.2.